The molecule has 0 unspecified atom stereocenters. The molecule has 0 spiro atoms. The van der Waals surface area contributed by atoms with Crippen LogP contribution in [0.15, 0.2) is 12.3 Å². The lowest BCUT2D eigenvalue weighted by atomic mass is 10.1. The molecule has 0 bridgehead atoms. The molecule has 0 aliphatic rings. The molecule has 1 aromatic heterocycles. The fourth-order valence-electron chi connectivity index (χ4n) is 0.839. The van der Waals surface area contributed by atoms with Gasteiger partial charge in [-0.15, -0.1) is 0 Å². The smallest absolute Gasteiger partial charge is 0.142 e. The Morgan fingerprint density at radius 2 is 2.33 bits per heavy atom. The summed E-state index contributed by atoms with van der Waals surface area (Å²) in [7, 11) is 1.92. The third kappa shape index (κ3) is 2.31. The zero-order chi connectivity index (χ0) is 9.14. The van der Waals surface area contributed by atoms with E-state index in [2.05, 4.69) is 39.8 Å². The number of nitrogens with zero attached hydrogens (tertiary/aromatic N) is 1. The van der Waals surface area contributed by atoms with Crippen molar-refractivity contribution in [2.45, 2.75) is 13.0 Å². The van der Waals surface area contributed by atoms with Crippen molar-refractivity contribution < 1.29 is 0 Å². The number of hydrogen-bond donors (Lipinski definition) is 1. The van der Waals surface area contributed by atoms with E-state index in [-0.39, 0.29) is 0 Å². The Hall–Kier alpha value is 0.130. The Bertz CT molecular complexity index is 278. The maximum Gasteiger partial charge on any atom is 0.142 e. The topological polar surface area (TPSA) is 24.9 Å². The second-order valence-corrected chi connectivity index (χ2v) is 4.07. The van der Waals surface area contributed by atoms with Gasteiger partial charge in [0, 0.05) is 12.2 Å². The number of halogens is 2. The molecule has 0 fully saturated rings. The van der Waals surface area contributed by atoms with Gasteiger partial charge in [0.15, 0.2) is 0 Å². The van der Waals surface area contributed by atoms with E-state index >= 15 is 0 Å². The van der Waals surface area contributed by atoms with E-state index in [1.54, 1.807) is 6.20 Å². The van der Waals surface area contributed by atoms with Crippen LogP contribution in [0.4, 0.5) is 0 Å². The molecule has 0 amide bonds. The minimum absolute atomic E-state index is 0.322. The van der Waals surface area contributed by atoms with Crippen LogP contribution in [0, 0.1) is 3.57 Å². The SMILES string of the molecule is CN[C@@H](C)c1cnc(Cl)c(I)c1. The molecule has 0 aliphatic carbocycles. The van der Waals surface area contributed by atoms with Crippen LogP contribution in [0.25, 0.3) is 0 Å². The van der Waals surface area contributed by atoms with Gasteiger partial charge in [-0.05, 0) is 48.2 Å². The summed E-state index contributed by atoms with van der Waals surface area (Å²) < 4.78 is 0.994. The summed E-state index contributed by atoms with van der Waals surface area (Å²) in [5.41, 5.74) is 1.16. The van der Waals surface area contributed by atoms with Gasteiger partial charge >= 0.3 is 0 Å². The van der Waals surface area contributed by atoms with Gasteiger partial charge in [0.2, 0.25) is 0 Å². The lowest BCUT2D eigenvalue weighted by Crippen LogP contribution is -2.12. The molecule has 1 rings (SSSR count). The maximum atomic E-state index is 5.79. The lowest BCUT2D eigenvalue weighted by molar-refractivity contribution is 0.649. The van der Waals surface area contributed by atoms with Gasteiger partial charge in [0.1, 0.15) is 5.15 Å². The molecule has 1 heterocycles. The van der Waals surface area contributed by atoms with E-state index in [1.807, 2.05) is 13.1 Å². The van der Waals surface area contributed by atoms with Crippen molar-refractivity contribution in [2.24, 2.45) is 0 Å². The maximum absolute atomic E-state index is 5.79. The Balaban J connectivity index is 2.96. The first-order valence-electron chi connectivity index (χ1n) is 3.63. The first kappa shape index (κ1) is 10.2. The highest BCUT2D eigenvalue weighted by Gasteiger charge is 2.05. The van der Waals surface area contributed by atoms with E-state index < -0.39 is 0 Å². The van der Waals surface area contributed by atoms with Crippen molar-refractivity contribution in [3.05, 3.63) is 26.5 Å². The zero-order valence-corrected chi connectivity index (χ0v) is 9.85. The quantitative estimate of drug-likeness (QED) is 0.670. The van der Waals surface area contributed by atoms with Gasteiger partial charge < -0.3 is 5.32 Å². The van der Waals surface area contributed by atoms with Crippen LogP contribution in [-0.2, 0) is 0 Å². The van der Waals surface area contributed by atoms with Crippen molar-refractivity contribution in [3.8, 4) is 0 Å². The van der Waals surface area contributed by atoms with Gasteiger partial charge in [-0.25, -0.2) is 4.98 Å². The number of pyridine rings is 1. The van der Waals surface area contributed by atoms with Crippen molar-refractivity contribution in [1.82, 2.24) is 10.3 Å². The van der Waals surface area contributed by atoms with Crippen molar-refractivity contribution in [2.75, 3.05) is 7.05 Å². The van der Waals surface area contributed by atoms with Crippen molar-refractivity contribution in [3.63, 3.8) is 0 Å². The fourth-order valence-corrected chi connectivity index (χ4v) is 1.44. The van der Waals surface area contributed by atoms with Crippen LogP contribution in [0.1, 0.15) is 18.5 Å². The minimum Gasteiger partial charge on any atom is -0.313 e. The van der Waals surface area contributed by atoms with E-state index in [0.29, 0.717) is 11.2 Å². The van der Waals surface area contributed by atoms with Gasteiger partial charge in [-0.2, -0.15) is 0 Å². The number of hydrogen-bond acceptors (Lipinski definition) is 2. The first-order chi connectivity index (χ1) is 5.65. The Labute approximate surface area is 90.9 Å². The standard InChI is InChI=1S/C8H10ClIN2/c1-5(11-2)6-3-7(10)8(9)12-4-6/h3-5,11H,1-2H3/t5-/m0/s1. The molecule has 66 valence electrons. The summed E-state index contributed by atoms with van der Waals surface area (Å²) in [6, 6.07) is 2.36. The number of rotatable bonds is 2. The third-order valence-corrected chi connectivity index (χ3v) is 3.19. The van der Waals surface area contributed by atoms with Crippen LogP contribution in [0.5, 0.6) is 0 Å². The zero-order valence-electron chi connectivity index (χ0n) is 6.94. The van der Waals surface area contributed by atoms with Crippen LogP contribution >= 0.6 is 34.2 Å². The summed E-state index contributed by atoms with van der Waals surface area (Å²) in [6.45, 7) is 2.08. The monoisotopic (exact) mass is 296 g/mol. The molecule has 2 nitrogen and oxygen atoms in total. The van der Waals surface area contributed by atoms with Crippen LogP contribution in [-0.4, -0.2) is 12.0 Å². The molecule has 0 aliphatic heterocycles. The predicted octanol–water partition coefficient (Wildman–Crippen LogP) is 2.62. The molecular weight excluding hydrogens is 286 g/mol. The van der Waals surface area contributed by atoms with E-state index in [1.165, 1.54) is 0 Å². The summed E-state index contributed by atoms with van der Waals surface area (Å²) in [4.78, 5) is 4.07. The molecule has 0 aromatic carbocycles. The Kier molecular flexibility index (Phi) is 3.74. The van der Waals surface area contributed by atoms with Gasteiger partial charge in [0.05, 0.1) is 3.57 Å². The van der Waals surface area contributed by atoms with Crippen molar-refractivity contribution in [1.29, 1.82) is 0 Å². The lowest BCUT2D eigenvalue weighted by Gasteiger charge is -2.10. The molecule has 1 aromatic rings. The molecule has 4 heteroatoms. The molecular formula is C8H10ClIN2. The van der Waals surface area contributed by atoms with Crippen LogP contribution < -0.4 is 5.32 Å². The van der Waals surface area contributed by atoms with E-state index in [4.69, 9.17) is 11.6 Å². The molecule has 1 N–H and O–H groups in total. The minimum atomic E-state index is 0.322. The summed E-state index contributed by atoms with van der Waals surface area (Å²) >= 11 is 7.97. The average molecular weight is 297 g/mol. The number of aromatic nitrogens is 1. The molecule has 0 radical (unpaired) electrons. The van der Waals surface area contributed by atoms with Gasteiger partial charge in [0.25, 0.3) is 0 Å². The van der Waals surface area contributed by atoms with E-state index in [9.17, 15) is 0 Å². The average Bonchev–Trinajstić information content (AvgIpc) is 2.08. The predicted molar refractivity (Wildman–Crippen MR) is 59.4 cm³/mol. The summed E-state index contributed by atoms with van der Waals surface area (Å²) in [5.74, 6) is 0. The molecule has 12 heavy (non-hydrogen) atoms. The van der Waals surface area contributed by atoms with E-state index in [0.717, 1.165) is 9.13 Å². The first-order valence-corrected chi connectivity index (χ1v) is 5.09. The highest BCUT2D eigenvalue weighted by Crippen LogP contribution is 2.19. The van der Waals surface area contributed by atoms with Gasteiger partial charge in [-0.3, -0.25) is 0 Å². The summed E-state index contributed by atoms with van der Waals surface area (Å²) in [5, 5.41) is 3.71. The molecule has 1 atom stereocenters. The van der Waals surface area contributed by atoms with Crippen molar-refractivity contribution >= 4 is 34.2 Å². The molecule has 0 saturated carbocycles. The fraction of sp³-hybridized carbons (Fsp3) is 0.375. The second-order valence-electron chi connectivity index (χ2n) is 2.55. The Morgan fingerprint density at radius 3 is 2.83 bits per heavy atom. The normalized spacial score (nSPS) is 13.0. The van der Waals surface area contributed by atoms with Crippen LogP contribution in [0.3, 0.4) is 0 Å². The van der Waals surface area contributed by atoms with Crippen LogP contribution in [0.2, 0.25) is 5.15 Å². The number of nitrogens with one attached hydrogen (secondary N) is 1. The summed E-state index contributed by atoms with van der Waals surface area (Å²) in [6.07, 6.45) is 1.80. The largest absolute Gasteiger partial charge is 0.313 e. The highest BCUT2D eigenvalue weighted by molar-refractivity contribution is 14.1. The molecule has 0 saturated heterocycles. The highest BCUT2D eigenvalue weighted by atomic mass is 127. The van der Waals surface area contributed by atoms with Gasteiger partial charge in [-0.1, -0.05) is 11.6 Å². The second kappa shape index (κ2) is 4.39. The Morgan fingerprint density at radius 1 is 1.67 bits per heavy atom. The third-order valence-electron chi connectivity index (χ3n) is 1.75.